The Labute approximate surface area is 93.1 Å². The average Bonchev–Trinajstić information content (AvgIpc) is 2.79. The molecule has 1 heterocycles. The van der Waals surface area contributed by atoms with Crippen LogP contribution in [-0.4, -0.2) is 25.3 Å². The number of allylic oxidation sites excluding steroid dienone is 1. The summed E-state index contributed by atoms with van der Waals surface area (Å²) in [5.41, 5.74) is 0. The van der Waals surface area contributed by atoms with Crippen LogP contribution in [0.15, 0.2) is 12.2 Å². The molecular weight excluding hydrogens is 186 g/mol. The zero-order chi connectivity index (χ0) is 10.3. The largest absolute Gasteiger partial charge is 0.378 e. The standard InChI is InChI=1S/C13H23NO/c1-2-6-12(7-3-1)14-10-4-8-13-9-5-11-15-13/h1-2,12-14H,3-11H2. The molecule has 1 fully saturated rings. The van der Waals surface area contributed by atoms with Crippen molar-refractivity contribution in [1.29, 1.82) is 0 Å². The predicted molar refractivity (Wildman–Crippen MR) is 63.0 cm³/mol. The lowest BCUT2D eigenvalue weighted by molar-refractivity contribution is 0.102. The van der Waals surface area contributed by atoms with Gasteiger partial charge >= 0.3 is 0 Å². The molecule has 2 rings (SSSR count). The summed E-state index contributed by atoms with van der Waals surface area (Å²) in [5, 5.41) is 3.64. The van der Waals surface area contributed by atoms with E-state index >= 15 is 0 Å². The quantitative estimate of drug-likeness (QED) is 0.555. The molecule has 0 aromatic heterocycles. The third-order valence-electron chi connectivity index (χ3n) is 3.43. The molecule has 15 heavy (non-hydrogen) atoms. The summed E-state index contributed by atoms with van der Waals surface area (Å²) >= 11 is 0. The molecule has 0 bridgehead atoms. The third kappa shape index (κ3) is 3.96. The Hall–Kier alpha value is -0.340. The second-order valence-corrected chi connectivity index (χ2v) is 4.71. The van der Waals surface area contributed by atoms with Crippen LogP contribution in [0.5, 0.6) is 0 Å². The summed E-state index contributed by atoms with van der Waals surface area (Å²) in [7, 11) is 0. The van der Waals surface area contributed by atoms with Gasteiger partial charge in [0.2, 0.25) is 0 Å². The summed E-state index contributed by atoms with van der Waals surface area (Å²) in [6.45, 7) is 2.16. The Bertz CT molecular complexity index is 197. The van der Waals surface area contributed by atoms with Gasteiger partial charge in [0.05, 0.1) is 6.10 Å². The fourth-order valence-electron chi connectivity index (χ4n) is 2.49. The minimum Gasteiger partial charge on any atom is -0.378 e. The van der Waals surface area contributed by atoms with E-state index in [0.29, 0.717) is 6.10 Å². The molecule has 1 aliphatic carbocycles. The lowest BCUT2D eigenvalue weighted by atomic mass is 10.0. The first-order chi connectivity index (χ1) is 7.45. The minimum atomic E-state index is 0.568. The van der Waals surface area contributed by atoms with Gasteiger partial charge in [0.15, 0.2) is 0 Å². The second kappa shape index (κ2) is 6.29. The number of nitrogens with one attached hydrogen (secondary N) is 1. The predicted octanol–water partition coefficient (Wildman–Crippen LogP) is 2.64. The fourth-order valence-corrected chi connectivity index (χ4v) is 2.49. The first kappa shape index (κ1) is 11.2. The minimum absolute atomic E-state index is 0.568. The van der Waals surface area contributed by atoms with Crippen molar-refractivity contribution in [2.45, 2.75) is 57.1 Å². The molecule has 2 heteroatoms. The van der Waals surface area contributed by atoms with Gasteiger partial charge in [-0.05, 0) is 51.5 Å². The number of rotatable bonds is 5. The van der Waals surface area contributed by atoms with Gasteiger partial charge in [-0.25, -0.2) is 0 Å². The molecular formula is C13H23NO. The van der Waals surface area contributed by atoms with Crippen molar-refractivity contribution in [3.05, 3.63) is 12.2 Å². The van der Waals surface area contributed by atoms with Crippen molar-refractivity contribution < 1.29 is 4.74 Å². The Kier molecular flexibility index (Phi) is 4.68. The topological polar surface area (TPSA) is 21.3 Å². The molecule has 2 atom stereocenters. The molecule has 1 N–H and O–H groups in total. The molecule has 0 amide bonds. The summed E-state index contributed by atoms with van der Waals surface area (Å²) < 4.78 is 5.61. The molecule has 0 spiro atoms. The fraction of sp³-hybridized carbons (Fsp3) is 0.846. The first-order valence-electron chi connectivity index (χ1n) is 6.45. The Morgan fingerprint density at radius 2 is 2.27 bits per heavy atom. The summed E-state index contributed by atoms with van der Waals surface area (Å²) in [6.07, 6.45) is 14.0. The number of ether oxygens (including phenoxy) is 1. The Morgan fingerprint density at radius 1 is 1.27 bits per heavy atom. The highest BCUT2D eigenvalue weighted by Gasteiger charge is 2.15. The number of hydrogen-bond acceptors (Lipinski definition) is 2. The van der Waals surface area contributed by atoms with Gasteiger partial charge in [0, 0.05) is 12.6 Å². The van der Waals surface area contributed by atoms with Crippen molar-refractivity contribution in [2.75, 3.05) is 13.2 Å². The highest BCUT2D eigenvalue weighted by atomic mass is 16.5. The van der Waals surface area contributed by atoms with Crippen molar-refractivity contribution in [2.24, 2.45) is 0 Å². The molecule has 86 valence electrons. The van der Waals surface area contributed by atoms with Crippen LogP contribution in [0.1, 0.15) is 44.9 Å². The summed E-state index contributed by atoms with van der Waals surface area (Å²) in [6, 6.07) is 0.736. The van der Waals surface area contributed by atoms with Crippen molar-refractivity contribution in [3.8, 4) is 0 Å². The maximum absolute atomic E-state index is 5.61. The van der Waals surface area contributed by atoms with E-state index in [0.717, 1.165) is 12.6 Å². The second-order valence-electron chi connectivity index (χ2n) is 4.71. The maximum Gasteiger partial charge on any atom is 0.0576 e. The zero-order valence-electron chi connectivity index (χ0n) is 9.58. The van der Waals surface area contributed by atoms with Gasteiger partial charge in [0.1, 0.15) is 0 Å². The highest BCUT2D eigenvalue weighted by molar-refractivity contribution is 4.92. The highest BCUT2D eigenvalue weighted by Crippen LogP contribution is 2.16. The van der Waals surface area contributed by atoms with Crippen molar-refractivity contribution in [1.82, 2.24) is 5.32 Å². The van der Waals surface area contributed by atoms with Crippen molar-refractivity contribution in [3.63, 3.8) is 0 Å². The van der Waals surface area contributed by atoms with Gasteiger partial charge in [-0.15, -0.1) is 0 Å². The summed E-state index contributed by atoms with van der Waals surface area (Å²) in [4.78, 5) is 0. The van der Waals surface area contributed by atoms with E-state index in [1.165, 1.54) is 51.5 Å². The van der Waals surface area contributed by atoms with E-state index in [1.807, 2.05) is 0 Å². The molecule has 1 saturated heterocycles. The van der Waals surface area contributed by atoms with Crippen LogP contribution in [-0.2, 0) is 4.74 Å². The van der Waals surface area contributed by atoms with Crippen LogP contribution in [0.2, 0.25) is 0 Å². The first-order valence-corrected chi connectivity index (χ1v) is 6.45. The van der Waals surface area contributed by atoms with Crippen LogP contribution < -0.4 is 5.32 Å². The maximum atomic E-state index is 5.61. The normalized spacial score (nSPS) is 30.9. The zero-order valence-corrected chi connectivity index (χ0v) is 9.58. The average molecular weight is 209 g/mol. The molecule has 0 aromatic carbocycles. The SMILES string of the molecule is C1=CCC(NCCCC2CCCO2)CC1. The molecule has 0 radical (unpaired) electrons. The van der Waals surface area contributed by atoms with E-state index in [1.54, 1.807) is 0 Å². The lowest BCUT2D eigenvalue weighted by Gasteiger charge is -2.19. The van der Waals surface area contributed by atoms with Gasteiger partial charge in [-0.3, -0.25) is 0 Å². The van der Waals surface area contributed by atoms with Crippen molar-refractivity contribution >= 4 is 0 Å². The molecule has 2 nitrogen and oxygen atoms in total. The Balaban J connectivity index is 1.49. The van der Waals surface area contributed by atoms with Crippen LogP contribution in [0, 0.1) is 0 Å². The van der Waals surface area contributed by atoms with Gasteiger partial charge in [-0.1, -0.05) is 12.2 Å². The van der Waals surface area contributed by atoms with Gasteiger partial charge in [-0.2, -0.15) is 0 Å². The van der Waals surface area contributed by atoms with Crippen LogP contribution >= 0.6 is 0 Å². The molecule has 1 aliphatic heterocycles. The van der Waals surface area contributed by atoms with E-state index < -0.39 is 0 Å². The van der Waals surface area contributed by atoms with E-state index in [4.69, 9.17) is 4.74 Å². The van der Waals surface area contributed by atoms with Gasteiger partial charge < -0.3 is 10.1 Å². The van der Waals surface area contributed by atoms with Crippen LogP contribution in [0.3, 0.4) is 0 Å². The molecule has 0 saturated carbocycles. The number of hydrogen-bond donors (Lipinski definition) is 1. The molecule has 2 unspecified atom stereocenters. The smallest absolute Gasteiger partial charge is 0.0576 e. The molecule has 0 aromatic rings. The van der Waals surface area contributed by atoms with E-state index in [9.17, 15) is 0 Å². The van der Waals surface area contributed by atoms with Crippen LogP contribution in [0.25, 0.3) is 0 Å². The van der Waals surface area contributed by atoms with E-state index in [2.05, 4.69) is 17.5 Å². The third-order valence-corrected chi connectivity index (χ3v) is 3.43. The lowest BCUT2D eigenvalue weighted by Crippen LogP contribution is -2.30. The Morgan fingerprint density at radius 3 is 3.00 bits per heavy atom. The monoisotopic (exact) mass is 209 g/mol. The summed E-state index contributed by atoms with van der Waals surface area (Å²) in [5.74, 6) is 0. The molecule has 2 aliphatic rings. The van der Waals surface area contributed by atoms with E-state index in [-0.39, 0.29) is 0 Å². The van der Waals surface area contributed by atoms with Crippen LogP contribution in [0.4, 0.5) is 0 Å². The van der Waals surface area contributed by atoms with Gasteiger partial charge in [0.25, 0.3) is 0 Å².